The first-order chi connectivity index (χ1) is 33.0. The van der Waals surface area contributed by atoms with Gasteiger partial charge < -0.3 is 14.2 Å². The summed E-state index contributed by atoms with van der Waals surface area (Å²) < 4.78 is 16.6. The second-order valence-corrected chi connectivity index (χ2v) is 17.1. The number of hydrogen-bond donors (Lipinski definition) is 0. The lowest BCUT2D eigenvalue weighted by molar-refractivity contribution is -0.167. The van der Waals surface area contributed by atoms with E-state index in [2.05, 4.69) is 154 Å². The minimum atomic E-state index is -0.809. The number of allylic oxidation sites excluding steroid dienone is 22. The summed E-state index contributed by atoms with van der Waals surface area (Å²) in [7, 11) is 0. The zero-order valence-corrected chi connectivity index (χ0v) is 42.9. The molecule has 0 aromatic rings. The standard InChI is InChI=1S/C61H96O6/c1-4-7-10-13-16-18-20-22-23-24-25-26-27-28-29-30-31-32-33-34-35-36-37-39-40-42-45-48-51-54-60(63)66-57-58(56-65-59(62)53-50-47-44-15-12-9-6-3)67-61(64)55-52-49-46-43-41-38-21-19-17-14-11-8-5-2/h7,10-11,14,16,18-19,21-23,25-26,28-29,31-32,34-35,37,39,42,45,58H,4-6,8-9,12-13,15,17,20,24,27,30,33,36,38,40-41,43-44,46-57H2,1-3H3/b10-7-,14-11-,18-16-,21-19-,23-22-,26-25-,29-28-,32-31-,35-34-,39-37-,45-42-. The molecule has 6 heteroatoms. The average molecular weight is 925 g/mol. The third kappa shape index (κ3) is 52.4. The molecule has 0 rings (SSSR count). The van der Waals surface area contributed by atoms with E-state index in [1.54, 1.807) is 0 Å². The molecule has 0 amide bonds. The van der Waals surface area contributed by atoms with E-state index in [4.69, 9.17) is 14.2 Å². The van der Waals surface area contributed by atoms with Gasteiger partial charge >= 0.3 is 17.9 Å². The molecule has 6 nitrogen and oxygen atoms in total. The highest BCUT2D eigenvalue weighted by Crippen LogP contribution is 2.12. The van der Waals surface area contributed by atoms with E-state index in [9.17, 15) is 14.4 Å². The molecule has 0 bridgehead atoms. The van der Waals surface area contributed by atoms with Crippen molar-refractivity contribution in [3.05, 3.63) is 134 Å². The fraction of sp³-hybridized carbons (Fsp3) is 0.590. The molecule has 0 radical (unpaired) electrons. The van der Waals surface area contributed by atoms with Gasteiger partial charge in [-0.15, -0.1) is 0 Å². The Hall–Kier alpha value is -4.45. The van der Waals surface area contributed by atoms with Gasteiger partial charge in [-0.05, 0) is 109 Å². The van der Waals surface area contributed by atoms with Gasteiger partial charge in [0.1, 0.15) is 13.2 Å². The van der Waals surface area contributed by atoms with Gasteiger partial charge in [-0.1, -0.05) is 219 Å². The highest BCUT2D eigenvalue weighted by molar-refractivity contribution is 5.71. The van der Waals surface area contributed by atoms with Gasteiger partial charge in [0.15, 0.2) is 6.10 Å². The van der Waals surface area contributed by atoms with Crippen LogP contribution in [0.5, 0.6) is 0 Å². The van der Waals surface area contributed by atoms with Gasteiger partial charge in [0.25, 0.3) is 0 Å². The summed E-state index contributed by atoms with van der Waals surface area (Å²) in [6, 6.07) is 0. The monoisotopic (exact) mass is 925 g/mol. The van der Waals surface area contributed by atoms with Gasteiger partial charge in [-0.25, -0.2) is 0 Å². The zero-order valence-electron chi connectivity index (χ0n) is 42.9. The van der Waals surface area contributed by atoms with E-state index in [1.165, 1.54) is 32.1 Å². The summed E-state index contributed by atoms with van der Waals surface area (Å²) in [6.07, 6.45) is 76.1. The number of rotatable bonds is 46. The lowest BCUT2D eigenvalue weighted by atomic mass is 10.1. The van der Waals surface area contributed by atoms with Crippen molar-refractivity contribution in [2.75, 3.05) is 13.2 Å². The topological polar surface area (TPSA) is 78.9 Å². The minimum Gasteiger partial charge on any atom is -0.462 e. The summed E-state index contributed by atoms with van der Waals surface area (Å²) in [5.41, 5.74) is 0. The van der Waals surface area contributed by atoms with E-state index in [0.717, 1.165) is 135 Å². The quantitative estimate of drug-likeness (QED) is 0.0262. The van der Waals surface area contributed by atoms with Crippen molar-refractivity contribution in [2.24, 2.45) is 0 Å². The van der Waals surface area contributed by atoms with Crippen LogP contribution in [-0.2, 0) is 28.6 Å². The van der Waals surface area contributed by atoms with Crippen molar-refractivity contribution in [3.8, 4) is 0 Å². The Kier molecular flexibility index (Phi) is 50.6. The van der Waals surface area contributed by atoms with E-state index in [0.29, 0.717) is 19.3 Å². The van der Waals surface area contributed by atoms with Crippen LogP contribution in [0.2, 0.25) is 0 Å². The molecule has 0 heterocycles. The summed E-state index contributed by atoms with van der Waals surface area (Å²) in [6.45, 7) is 6.33. The molecule has 0 fully saturated rings. The maximum atomic E-state index is 12.7. The van der Waals surface area contributed by atoms with Crippen LogP contribution in [-0.4, -0.2) is 37.2 Å². The number of hydrogen-bond acceptors (Lipinski definition) is 6. The number of carbonyl (C=O) groups excluding carboxylic acids is 3. The fourth-order valence-corrected chi connectivity index (χ4v) is 6.66. The molecule has 1 unspecified atom stereocenters. The predicted molar refractivity (Wildman–Crippen MR) is 288 cm³/mol. The van der Waals surface area contributed by atoms with Crippen molar-refractivity contribution in [3.63, 3.8) is 0 Å². The SMILES string of the molecule is CC/C=C\C/C=C\C/C=C\C/C=C\C/C=C\C/C=C\C/C=C\C/C=C\C/C=C\CCCC(=O)OCC(COC(=O)CCCCCCCCC)OC(=O)CCCCCCC/C=C\C/C=C\CCC. The lowest BCUT2D eigenvalue weighted by Gasteiger charge is -2.18. The number of ether oxygens (including phenoxy) is 3. The highest BCUT2D eigenvalue weighted by Gasteiger charge is 2.19. The number of esters is 3. The maximum absolute atomic E-state index is 12.7. The molecular formula is C61H96O6. The van der Waals surface area contributed by atoms with Crippen molar-refractivity contribution in [1.82, 2.24) is 0 Å². The molecule has 67 heavy (non-hydrogen) atoms. The Morgan fingerprint density at radius 1 is 0.313 bits per heavy atom. The predicted octanol–water partition coefficient (Wildman–Crippen LogP) is 17.9. The van der Waals surface area contributed by atoms with E-state index in [-0.39, 0.29) is 37.5 Å². The van der Waals surface area contributed by atoms with E-state index < -0.39 is 6.10 Å². The first-order valence-electron chi connectivity index (χ1n) is 26.7. The molecule has 0 N–H and O–H groups in total. The molecular weight excluding hydrogens is 829 g/mol. The van der Waals surface area contributed by atoms with Crippen LogP contribution in [0.3, 0.4) is 0 Å². The molecule has 376 valence electrons. The molecule has 0 spiro atoms. The maximum Gasteiger partial charge on any atom is 0.306 e. The van der Waals surface area contributed by atoms with Crippen molar-refractivity contribution < 1.29 is 28.6 Å². The van der Waals surface area contributed by atoms with Crippen molar-refractivity contribution >= 4 is 17.9 Å². The van der Waals surface area contributed by atoms with Crippen molar-refractivity contribution in [2.45, 2.75) is 219 Å². The first kappa shape index (κ1) is 62.5. The van der Waals surface area contributed by atoms with Crippen LogP contribution >= 0.6 is 0 Å². The van der Waals surface area contributed by atoms with Gasteiger partial charge in [-0.2, -0.15) is 0 Å². The summed E-state index contributed by atoms with van der Waals surface area (Å²) in [5, 5.41) is 0. The average Bonchev–Trinajstić information content (AvgIpc) is 3.33. The number of unbranched alkanes of at least 4 members (excludes halogenated alkanes) is 13. The minimum absolute atomic E-state index is 0.105. The van der Waals surface area contributed by atoms with E-state index in [1.807, 2.05) is 0 Å². The number of carbonyl (C=O) groups is 3. The zero-order chi connectivity index (χ0) is 48.6. The first-order valence-corrected chi connectivity index (χ1v) is 26.7. The highest BCUT2D eigenvalue weighted by atomic mass is 16.6. The second kappa shape index (κ2) is 54.2. The molecule has 1 atom stereocenters. The smallest absolute Gasteiger partial charge is 0.306 e. The van der Waals surface area contributed by atoms with Gasteiger partial charge in [-0.3, -0.25) is 14.4 Å². The Bertz CT molecular complexity index is 1480. The van der Waals surface area contributed by atoms with Crippen molar-refractivity contribution in [1.29, 1.82) is 0 Å². The van der Waals surface area contributed by atoms with Gasteiger partial charge in [0.2, 0.25) is 0 Å². The Balaban J connectivity index is 4.33. The van der Waals surface area contributed by atoms with E-state index >= 15 is 0 Å². The second-order valence-electron chi connectivity index (χ2n) is 17.1. The molecule has 0 aliphatic heterocycles. The molecule has 0 aromatic heterocycles. The van der Waals surface area contributed by atoms with Crippen LogP contribution in [0.4, 0.5) is 0 Å². The molecule has 0 saturated carbocycles. The van der Waals surface area contributed by atoms with Crippen LogP contribution < -0.4 is 0 Å². The third-order valence-corrected chi connectivity index (χ3v) is 10.6. The largest absolute Gasteiger partial charge is 0.462 e. The van der Waals surface area contributed by atoms with Crippen LogP contribution in [0.15, 0.2) is 134 Å². The lowest BCUT2D eigenvalue weighted by Crippen LogP contribution is -2.30. The Morgan fingerprint density at radius 2 is 0.627 bits per heavy atom. The summed E-state index contributed by atoms with van der Waals surface area (Å²) in [5.74, 6) is -1.000. The summed E-state index contributed by atoms with van der Waals surface area (Å²) >= 11 is 0. The fourth-order valence-electron chi connectivity index (χ4n) is 6.66. The third-order valence-electron chi connectivity index (χ3n) is 10.6. The Labute approximate surface area is 411 Å². The van der Waals surface area contributed by atoms with Crippen LogP contribution in [0, 0.1) is 0 Å². The Morgan fingerprint density at radius 3 is 1.03 bits per heavy atom. The molecule has 0 aliphatic rings. The summed E-state index contributed by atoms with van der Waals surface area (Å²) in [4.78, 5) is 37.8. The normalized spacial score (nSPS) is 13.2. The van der Waals surface area contributed by atoms with Crippen LogP contribution in [0.25, 0.3) is 0 Å². The van der Waals surface area contributed by atoms with Gasteiger partial charge in [0.05, 0.1) is 0 Å². The van der Waals surface area contributed by atoms with Crippen LogP contribution in [0.1, 0.15) is 213 Å². The molecule has 0 aliphatic carbocycles. The van der Waals surface area contributed by atoms with Gasteiger partial charge in [0, 0.05) is 19.3 Å². The molecule has 0 saturated heterocycles. The molecule has 0 aromatic carbocycles.